The molecule has 0 aliphatic rings. The van der Waals surface area contributed by atoms with Gasteiger partial charge in [-0.05, 0) is 54.3 Å². The van der Waals surface area contributed by atoms with Gasteiger partial charge in [-0.25, -0.2) is 15.0 Å². The first kappa shape index (κ1) is 21.0. The van der Waals surface area contributed by atoms with E-state index in [0.717, 1.165) is 32.8 Å². The minimum atomic E-state index is 0.642. The monoisotopic (exact) mass is 447 g/mol. The van der Waals surface area contributed by atoms with Crippen LogP contribution in [-0.2, 0) is 0 Å². The van der Waals surface area contributed by atoms with Gasteiger partial charge in [-0.2, -0.15) is 0 Å². The molecule has 0 saturated carbocycles. The number of hydrogen-bond donors (Lipinski definition) is 0. The van der Waals surface area contributed by atoms with Crippen molar-refractivity contribution in [2.75, 3.05) is 0 Å². The van der Waals surface area contributed by atoms with Gasteiger partial charge in [-0.1, -0.05) is 90.5 Å². The van der Waals surface area contributed by atoms with E-state index in [-0.39, 0.29) is 0 Å². The molecule has 33 heavy (non-hydrogen) atoms. The fraction of sp³-hybridized carbons (Fsp3) is 0.0690. The maximum absolute atomic E-state index is 6.32. The van der Waals surface area contributed by atoms with Gasteiger partial charge in [-0.3, -0.25) is 0 Å². The molecule has 160 valence electrons. The molecule has 5 aromatic rings. The molecule has 0 unspecified atom stereocenters. The summed E-state index contributed by atoms with van der Waals surface area (Å²) in [5.41, 5.74) is 7.42. The summed E-state index contributed by atoms with van der Waals surface area (Å²) in [4.78, 5) is 14.5. The van der Waals surface area contributed by atoms with Crippen molar-refractivity contribution < 1.29 is 0 Å². The zero-order valence-corrected chi connectivity index (χ0v) is 19.2. The lowest BCUT2D eigenvalue weighted by molar-refractivity contribution is 1.07. The van der Waals surface area contributed by atoms with E-state index in [1.165, 1.54) is 11.1 Å². The Kier molecular flexibility index (Phi) is 5.72. The molecule has 0 bridgehead atoms. The lowest BCUT2D eigenvalue weighted by Crippen LogP contribution is -2.00. The molecular formula is C29H22ClN3. The average Bonchev–Trinajstić information content (AvgIpc) is 2.87. The summed E-state index contributed by atoms with van der Waals surface area (Å²) in [6, 6.07) is 32.3. The van der Waals surface area contributed by atoms with Crippen LogP contribution in [-0.4, -0.2) is 15.0 Å². The maximum atomic E-state index is 6.32. The van der Waals surface area contributed by atoms with Gasteiger partial charge < -0.3 is 0 Å². The van der Waals surface area contributed by atoms with E-state index in [1.54, 1.807) is 0 Å². The van der Waals surface area contributed by atoms with Crippen LogP contribution in [0.3, 0.4) is 0 Å². The summed E-state index contributed by atoms with van der Waals surface area (Å²) >= 11 is 6.32. The van der Waals surface area contributed by atoms with Gasteiger partial charge in [0.2, 0.25) is 0 Å². The Labute approximate surface area is 198 Å². The van der Waals surface area contributed by atoms with Crippen LogP contribution < -0.4 is 0 Å². The van der Waals surface area contributed by atoms with Crippen molar-refractivity contribution in [1.29, 1.82) is 0 Å². The van der Waals surface area contributed by atoms with Crippen LogP contribution in [0.15, 0.2) is 97.1 Å². The second-order valence-corrected chi connectivity index (χ2v) is 8.46. The SMILES string of the molecule is Cc1ccc(Cl)cc1-c1cc(-c2nc(-c3ccccc3)nc(-c3ccccc3)n2)ccc1C. The first-order valence-electron chi connectivity index (χ1n) is 10.8. The number of benzene rings is 4. The highest BCUT2D eigenvalue weighted by molar-refractivity contribution is 6.30. The average molecular weight is 448 g/mol. The maximum Gasteiger partial charge on any atom is 0.164 e. The summed E-state index contributed by atoms with van der Waals surface area (Å²) in [7, 11) is 0. The molecule has 0 saturated heterocycles. The largest absolute Gasteiger partial charge is 0.208 e. The molecular weight excluding hydrogens is 426 g/mol. The number of nitrogens with zero attached hydrogens (tertiary/aromatic N) is 3. The third-order valence-corrected chi connectivity index (χ3v) is 5.92. The molecule has 0 fully saturated rings. The number of halogens is 1. The first-order valence-corrected chi connectivity index (χ1v) is 11.2. The first-order chi connectivity index (χ1) is 16.1. The summed E-state index contributed by atoms with van der Waals surface area (Å²) in [5.74, 6) is 1.95. The quantitative estimate of drug-likeness (QED) is 0.282. The van der Waals surface area contributed by atoms with Crippen molar-refractivity contribution in [3.8, 4) is 45.3 Å². The fourth-order valence-electron chi connectivity index (χ4n) is 3.87. The zero-order chi connectivity index (χ0) is 22.8. The standard InChI is InChI=1S/C29H22ClN3/c1-19-13-15-23(17-25(19)26-18-24(30)16-14-20(26)2)29-32-27(21-9-5-3-6-10-21)31-28(33-29)22-11-7-4-8-12-22/h3-18H,1-2H3. The third-order valence-electron chi connectivity index (χ3n) is 5.68. The van der Waals surface area contributed by atoms with Crippen molar-refractivity contribution in [2.45, 2.75) is 13.8 Å². The van der Waals surface area contributed by atoms with Crippen LogP contribution in [0.5, 0.6) is 0 Å². The Morgan fingerprint density at radius 2 is 0.939 bits per heavy atom. The molecule has 3 nitrogen and oxygen atoms in total. The fourth-order valence-corrected chi connectivity index (χ4v) is 4.05. The Balaban J connectivity index is 1.70. The summed E-state index contributed by atoms with van der Waals surface area (Å²) in [6.07, 6.45) is 0. The van der Waals surface area contributed by atoms with Gasteiger partial charge >= 0.3 is 0 Å². The van der Waals surface area contributed by atoms with Crippen LogP contribution in [0.2, 0.25) is 5.02 Å². The predicted octanol–water partition coefficient (Wildman–Crippen LogP) is 7.81. The van der Waals surface area contributed by atoms with Gasteiger partial charge in [0.25, 0.3) is 0 Å². The number of hydrogen-bond acceptors (Lipinski definition) is 3. The van der Waals surface area contributed by atoms with Crippen LogP contribution in [0, 0.1) is 13.8 Å². The third kappa shape index (κ3) is 4.41. The lowest BCUT2D eigenvalue weighted by atomic mass is 9.94. The highest BCUT2D eigenvalue weighted by Gasteiger charge is 2.14. The van der Waals surface area contributed by atoms with Gasteiger partial charge in [0.15, 0.2) is 17.5 Å². The van der Waals surface area contributed by atoms with E-state index >= 15 is 0 Å². The predicted molar refractivity (Wildman–Crippen MR) is 136 cm³/mol. The molecule has 4 heteroatoms. The highest BCUT2D eigenvalue weighted by Crippen LogP contribution is 2.33. The van der Waals surface area contributed by atoms with E-state index in [9.17, 15) is 0 Å². The molecule has 0 atom stereocenters. The van der Waals surface area contributed by atoms with Gasteiger partial charge in [0.1, 0.15) is 0 Å². The molecule has 0 amide bonds. The Morgan fingerprint density at radius 3 is 1.48 bits per heavy atom. The zero-order valence-electron chi connectivity index (χ0n) is 18.5. The van der Waals surface area contributed by atoms with E-state index in [4.69, 9.17) is 26.6 Å². The summed E-state index contributed by atoms with van der Waals surface area (Å²) < 4.78 is 0. The molecule has 0 aliphatic carbocycles. The summed E-state index contributed by atoms with van der Waals surface area (Å²) in [5, 5.41) is 0.721. The van der Waals surface area contributed by atoms with E-state index in [1.807, 2.05) is 78.9 Å². The van der Waals surface area contributed by atoms with Crippen molar-refractivity contribution in [3.05, 3.63) is 113 Å². The Bertz CT molecular complexity index is 1370. The number of rotatable bonds is 4. The Hall–Kier alpha value is -3.82. The molecule has 5 rings (SSSR count). The topological polar surface area (TPSA) is 38.7 Å². The van der Waals surface area contributed by atoms with Gasteiger partial charge in [0, 0.05) is 21.7 Å². The summed E-state index contributed by atoms with van der Waals surface area (Å²) in [6.45, 7) is 4.21. The van der Waals surface area contributed by atoms with Crippen LogP contribution in [0.4, 0.5) is 0 Å². The van der Waals surface area contributed by atoms with Crippen molar-refractivity contribution in [1.82, 2.24) is 15.0 Å². The van der Waals surface area contributed by atoms with Crippen molar-refractivity contribution in [2.24, 2.45) is 0 Å². The molecule has 0 aliphatic heterocycles. The molecule has 4 aromatic carbocycles. The molecule has 1 heterocycles. The second kappa shape index (κ2) is 8.97. The lowest BCUT2D eigenvalue weighted by Gasteiger charge is -2.13. The highest BCUT2D eigenvalue weighted by atomic mass is 35.5. The normalized spacial score (nSPS) is 10.9. The smallest absolute Gasteiger partial charge is 0.164 e. The minimum absolute atomic E-state index is 0.642. The molecule has 0 N–H and O–H groups in total. The molecule has 1 aromatic heterocycles. The number of aryl methyl sites for hydroxylation is 2. The van der Waals surface area contributed by atoms with E-state index < -0.39 is 0 Å². The molecule has 0 radical (unpaired) electrons. The van der Waals surface area contributed by atoms with Gasteiger partial charge in [-0.15, -0.1) is 0 Å². The number of aromatic nitrogens is 3. The second-order valence-electron chi connectivity index (χ2n) is 8.03. The molecule has 0 spiro atoms. The van der Waals surface area contributed by atoms with Crippen LogP contribution in [0.1, 0.15) is 11.1 Å². The van der Waals surface area contributed by atoms with E-state index in [0.29, 0.717) is 17.5 Å². The Morgan fingerprint density at radius 1 is 0.485 bits per heavy atom. The minimum Gasteiger partial charge on any atom is -0.208 e. The van der Waals surface area contributed by atoms with Crippen LogP contribution in [0.25, 0.3) is 45.3 Å². The van der Waals surface area contributed by atoms with Gasteiger partial charge in [0.05, 0.1) is 0 Å². The van der Waals surface area contributed by atoms with E-state index in [2.05, 4.69) is 32.0 Å². The van der Waals surface area contributed by atoms with Crippen molar-refractivity contribution >= 4 is 11.6 Å². The van der Waals surface area contributed by atoms with Crippen molar-refractivity contribution in [3.63, 3.8) is 0 Å². The van der Waals surface area contributed by atoms with Crippen LogP contribution >= 0.6 is 11.6 Å².